The number of aryl methyl sites for hydroxylation is 2. The van der Waals surface area contributed by atoms with Crippen molar-refractivity contribution < 1.29 is 4.79 Å². The summed E-state index contributed by atoms with van der Waals surface area (Å²) in [6.07, 6.45) is 6.47. The van der Waals surface area contributed by atoms with Crippen LogP contribution in [0.25, 0.3) is 0 Å². The molecule has 94 valence electrons. The van der Waals surface area contributed by atoms with Crippen molar-refractivity contribution in [1.29, 1.82) is 0 Å². The highest BCUT2D eigenvalue weighted by atomic mass is 32.1. The molecule has 1 aromatic heterocycles. The monoisotopic (exact) mass is 253 g/mol. The molecule has 0 bridgehead atoms. The lowest BCUT2D eigenvalue weighted by Crippen LogP contribution is -2.18. The Morgan fingerprint density at radius 1 is 1.35 bits per heavy atom. The maximum Gasteiger partial charge on any atom is 0.227 e. The zero-order valence-electron chi connectivity index (χ0n) is 10.2. The van der Waals surface area contributed by atoms with Crippen LogP contribution in [0, 0.1) is 0 Å². The van der Waals surface area contributed by atoms with E-state index in [0.29, 0.717) is 13.0 Å². The highest BCUT2D eigenvalue weighted by Gasteiger charge is 2.14. The predicted octanol–water partition coefficient (Wildman–Crippen LogP) is 1.96. The van der Waals surface area contributed by atoms with E-state index in [1.54, 1.807) is 11.3 Å². The van der Waals surface area contributed by atoms with Gasteiger partial charge in [0.25, 0.3) is 0 Å². The molecule has 0 spiro atoms. The van der Waals surface area contributed by atoms with Gasteiger partial charge < -0.3 is 10.6 Å². The molecule has 0 aliphatic heterocycles. The van der Waals surface area contributed by atoms with Crippen molar-refractivity contribution >= 4 is 22.4 Å². The Bertz CT molecular complexity index is 366. The molecule has 1 aliphatic carbocycles. The van der Waals surface area contributed by atoms with Crippen LogP contribution in [0.5, 0.6) is 0 Å². The van der Waals surface area contributed by atoms with Crippen LogP contribution < -0.4 is 10.6 Å². The number of aromatic nitrogens is 1. The van der Waals surface area contributed by atoms with Crippen LogP contribution in [0.2, 0.25) is 0 Å². The normalized spacial score (nSPS) is 15.1. The Balaban J connectivity index is 1.95. The van der Waals surface area contributed by atoms with E-state index in [2.05, 4.69) is 15.6 Å². The quantitative estimate of drug-likeness (QED) is 0.807. The molecule has 1 heterocycles. The SMILES string of the molecule is CNCCC(=O)Nc1nc2c(s1)CCCCC2. The van der Waals surface area contributed by atoms with Crippen molar-refractivity contribution in [2.45, 2.75) is 38.5 Å². The molecule has 5 heteroatoms. The fraction of sp³-hybridized carbons (Fsp3) is 0.667. The number of hydrogen-bond acceptors (Lipinski definition) is 4. The molecule has 0 saturated carbocycles. The number of amides is 1. The summed E-state index contributed by atoms with van der Waals surface area (Å²) in [5, 5.41) is 6.62. The molecule has 2 rings (SSSR count). The lowest BCUT2D eigenvalue weighted by atomic mass is 10.2. The molecule has 0 atom stereocenters. The number of thiazole rings is 1. The van der Waals surface area contributed by atoms with E-state index in [1.807, 2.05) is 7.05 Å². The number of carbonyl (C=O) groups excluding carboxylic acids is 1. The lowest BCUT2D eigenvalue weighted by molar-refractivity contribution is -0.116. The molecule has 0 aromatic carbocycles. The molecule has 0 unspecified atom stereocenters. The molecule has 0 fully saturated rings. The topological polar surface area (TPSA) is 54.0 Å². The second kappa shape index (κ2) is 6.12. The average Bonchev–Trinajstić information content (AvgIpc) is 2.56. The molecule has 2 N–H and O–H groups in total. The first-order valence-corrected chi connectivity index (χ1v) is 7.04. The summed E-state index contributed by atoms with van der Waals surface area (Å²) >= 11 is 1.65. The number of fused-ring (bicyclic) bond motifs is 1. The Kier molecular flexibility index (Phi) is 4.50. The highest BCUT2D eigenvalue weighted by Crippen LogP contribution is 2.28. The standard InChI is InChI=1S/C12H19N3OS/c1-13-8-7-11(16)15-12-14-9-5-3-2-4-6-10(9)17-12/h13H,2-8H2,1H3,(H,14,15,16). The maximum atomic E-state index is 11.6. The summed E-state index contributed by atoms with van der Waals surface area (Å²) in [7, 11) is 1.85. The maximum absolute atomic E-state index is 11.6. The van der Waals surface area contributed by atoms with Crippen molar-refractivity contribution in [3.8, 4) is 0 Å². The largest absolute Gasteiger partial charge is 0.319 e. The molecule has 17 heavy (non-hydrogen) atoms. The molecular formula is C12H19N3OS. The molecule has 0 radical (unpaired) electrons. The zero-order valence-corrected chi connectivity index (χ0v) is 11.0. The highest BCUT2D eigenvalue weighted by molar-refractivity contribution is 7.15. The summed E-state index contributed by atoms with van der Waals surface area (Å²) < 4.78 is 0. The van der Waals surface area contributed by atoms with Gasteiger partial charge in [0.1, 0.15) is 0 Å². The summed E-state index contributed by atoms with van der Waals surface area (Å²) in [5.41, 5.74) is 1.21. The smallest absolute Gasteiger partial charge is 0.227 e. The van der Waals surface area contributed by atoms with Crippen LogP contribution in [0.4, 0.5) is 5.13 Å². The van der Waals surface area contributed by atoms with Crippen LogP contribution in [-0.2, 0) is 17.6 Å². The Morgan fingerprint density at radius 3 is 3.00 bits per heavy atom. The van der Waals surface area contributed by atoms with Crippen molar-refractivity contribution in [1.82, 2.24) is 10.3 Å². The molecule has 1 aromatic rings. The summed E-state index contributed by atoms with van der Waals surface area (Å²) in [5.74, 6) is 0.0447. The van der Waals surface area contributed by atoms with E-state index in [1.165, 1.54) is 29.8 Å². The Labute approximate surface area is 106 Å². The first-order valence-electron chi connectivity index (χ1n) is 6.22. The van der Waals surface area contributed by atoms with Gasteiger partial charge in [-0.3, -0.25) is 4.79 Å². The van der Waals surface area contributed by atoms with E-state index >= 15 is 0 Å². The number of nitrogens with one attached hydrogen (secondary N) is 2. The van der Waals surface area contributed by atoms with E-state index < -0.39 is 0 Å². The number of rotatable bonds is 4. The van der Waals surface area contributed by atoms with Gasteiger partial charge in [-0.1, -0.05) is 6.42 Å². The second-order valence-electron chi connectivity index (χ2n) is 4.35. The van der Waals surface area contributed by atoms with E-state index in [-0.39, 0.29) is 5.91 Å². The minimum Gasteiger partial charge on any atom is -0.319 e. The zero-order chi connectivity index (χ0) is 12.1. The second-order valence-corrected chi connectivity index (χ2v) is 5.43. The number of carbonyl (C=O) groups is 1. The first kappa shape index (κ1) is 12.5. The van der Waals surface area contributed by atoms with Gasteiger partial charge in [-0.2, -0.15) is 0 Å². The average molecular weight is 253 g/mol. The first-order chi connectivity index (χ1) is 8.29. The molecular weight excluding hydrogens is 234 g/mol. The number of hydrogen-bond donors (Lipinski definition) is 2. The number of anilines is 1. The Hall–Kier alpha value is -0.940. The molecule has 1 aliphatic rings. The van der Waals surface area contributed by atoms with Gasteiger partial charge in [-0.15, -0.1) is 11.3 Å². The third-order valence-corrected chi connectivity index (χ3v) is 4.02. The fourth-order valence-electron chi connectivity index (χ4n) is 2.00. The van der Waals surface area contributed by atoms with Crippen LogP contribution in [0.1, 0.15) is 36.3 Å². The summed E-state index contributed by atoms with van der Waals surface area (Å²) in [6.45, 7) is 0.705. The van der Waals surface area contributed by atoms with Crippen LogP contribution >= 0.6 is 11.3 Å². The van der Waals surface area contributed by atoms with Gasteiger partial charge in [-0.05, 0) is 32.7 Å². The lowest BCUT2D eigenvalue weighted by Gasteiger charge is -2.00. The Morgan fingerprint density at radius 2 is 2.18 bits per heavy atom. The third-order valence-electron chi connectivity index (χ3n) is 2.94. The van der Waals surface area contributed by atoms with Crippen molar-refractivity contribution in [3.63, 3.8) is 0 Å². The van der Waals surface area contributed by atoms with Crippen molar-refractivity contribution in [2.75, 3.05) is 18.9 Å². The number of nitrogens with zero attached hydrogens (tertiary/aromatic N) is 1. The molecule has 4 nitrogen and oxygen atoms in total. The van der Waals surface area contributed by atoms with Gasteiger partial charge in [0.15, 0.2) is 5.13 Å². The molecule has 0 saturated heterocycles. The third kappa shape index (κ3) is 3.51. The van der Waals surface area contributed by atoms with E-state index in [4.69, 9.17) is 0 Å². The van der Waals surface area contributed by atoms with Gasteiger partial charge in [0.05, 0.1) is 5.69 Å². The van der Waals surface area contributed by atoms with Crippen molar-refractivity contribution in [2.24, 2.45) is 0 Å². The molecule has 1 amide bonds. The van der Waals surface area contributed by atoms with Crippen LogP contribution in [-0.4, -0.2) is 24.5 Å². The summed E-state index contributed by atoms with van der Waals surface area (Å²) in [4.78, 5) is 17.5. The van der Waals surface area contributed by atoms with Crippen LogP contribution in [0.3, 0.4) is 0 Å². The van der Waals surface area contributed by atoms with Gasteiger partial charge in [-0.25, -0.2) is 4.98 Å². The van der Waals surface area contributed by atoms with Gasteiger partial charge in [0.2, 0.25) is 5.91 Å². The minimum absolute atomic E-state index is 0.0447. The van der Waals surface area contributed by atoms with Gasteiger partial charge >= 0.3 is 0 Å². The summed E-state index contributed by atoms with van der Waals surface area (Å²) in [6, 6.07) is 0. The van der Waals surface area contributed by atoms with Gasteiger partial charge in [0, 0.05) is 17.8 Å². The van der Waals surface area contributed by atoms with Crippen LogP contribution in [0.15, 0.2) is 0 Å². The van der Waals surface area contributed by atoms with E-state index in [9.17, 15) is 4.79 Å². The predicted molar refractivity (Wildman–Crippen MR) is 70.5 cm³/mol. The van der Waals surface area contributed by atoms with Crippen molar-refractivity contribution in [3.05, 3.63) is 10.6 Å². The minimum atomic E-state index is 0.0447. The van der Waals surface area contributed by atoms with E-state index in [0.717, 1.165) is 18.0 Å². The fourth-order valence-corrected chi connectivity index (χ4v) is 3.07.